The molecule has 0 radical (unpaired) electrons. The second-order valence-electron chi connectivity index (χ2n) is 6.75. The lowest BCUT2D eigenvalue weighted by molar-refractivity contribution is -0.124. The summed E-state index contributed by atoms with van der Waals surface area (Å²) < 4.78 is 36.3. The van der Waals surface area contributed by atoms with Crippen LogP contribution in [0.4, 0.5) is 8.78 Å². The van der Waals surface area contributed by atoms with Crippen LogP contribution in [0, 0.1) is 11.6 Å². The van der Waals surface area contributed by atoms with E-state index >= 15 is 0 Å². The number of aliphatic hydroxyl groups excluding tert-OH is 1. The summed E-state index contributed by atoms with van der Waals surface area (Å²) in [5, 5.41) is 15.0. The number of amides is 2. The number of hydrogen-bond donors (Lipinski definition) is 3. The van der Waals surface area contributed by atoms with Crippen LogP contribution in [0.3, 0.4) is 0 Å². The molecule has 0 heterocycles. The third-order valence-electron chi connectivity index (χ3n) is 4.30. The lowest BCUT2D eigenvalue weighted by atomic mass is 10.2. The SMILES string of the molecule is CCc1ccc(OCC(=O)NCC[C@H](O)CNC(=O)COc2ccc(F)c(F)c2)cc1. The molecule has 0 saturated heterocycles. The molecule has 2 aromatic rings. The number of halogens is 2. The molecule has 3 N–H and O–H groups in total. The van der Waals surface area contributed by atoms with Crippen molar-refractivity contribution >= 4 is 11.8 Å². The van der Waals surface area contributed by atoms with E-state index in [1.807, 2.05) is 19.1 Å². The van der Waals surface area contributed by atoms with Gasteiger partial charge in [0.2, 0.25) is 0 Å². The van der Waals surface area contributed by atoms with Crippen LogP contribution in [0.2, 0.25) is 0 Å². The van der Waals surface area contributed by atoms with Crippen molar-refractivity contribution in [2.45, 2.75) is 25.9 Å². The predicted molar refractivity (Wildman–Crippen MR) is 110 cm³/mol. The molecular weight excluding hydrogens is 410 g/mol. The van der Waals surface area contributed by atoms with Gasteiger partial charge in [-0.15, -0.1) is 0 Å². The number of rotatable bonds is 12. The van der Waals surface area contributed by atoms with Crippen LogP contribution in [0.25, 0.3) is 0 Å². The summed E-state index contributed by atoms with van der Waals surface area (Å²) in [6.07, 6.45) is 0.265. The Morgan fingerprint density at radius 2 is 1.55 bits per heavy atom. The highest BCUT2D eigenvalue weighted by atomic mass is 19.2. The Balaban J connectivity index is 1.56. The topological polar surface area (TPSA) is 96.9 Å². The van der Waals surface area contributed by atoms with Gasteiger partial charge in [-0.25, -0.2) is 8.78 Å². The van der Waals surface area contributed by atoms with Crippen molar-refractivity contribution in [1.82, 2.24) is 10.6 Å². The molecule has 0 aromatic heterocycles. The maximum Gasteiger partial charge on any atom is 0.258 e. The number of aliphatic hydroxyl groups is 1. The monoisotopic (exact) mass is 436 g/mol. The van der Waals surface area contributed by atoms with Crippen molar-refractivity contribution in [2.75, 3.05) is 26.3 Å². The Bertz CT molecular complexity index is 861. The van der Waals surface area contributed by atoms with Crippen LogP contribution >= 0.6 is 0 Å². The molecule has 2 aromatic carbocycles. The molecule has 0 fully saturated rings. The molecule has 2 amide bonds. The van der Waals surface area contributed by atoms with Gasteiger partial charge in [0.15, 0.2) is 24.8 Å². The molecule has 168 valence electrons. The second-order valence-corrected chi connectivity index (χ2v) is 6.75. The smallest absolute Gasteiger partial charge is 0.258 e. The van der Waals surface area contributed by atoms with Crippen LogP contribution < -0.4 is 20.1 Å². The van der Waals surface area contributed by atoms with E-state index in [-0.39, 0.29) is 37.8 Å². The van der Waals surface area contributed by atoms with E-state index in [9.17, 15) is 23.5 Å². The Kier molecular flexibility index (Phi) is 9.70. The Labute approximate surface area is 179 Å². The van der Waals surface area contributed by atoms with E-state index < -0.39 is 30.3 Å². The minimum atomic E-state index is -1.07. The van der Waals surface area contributed by atoms with Gasteiger partial charge in [0.1, 0.15) is 11.5 Å². The molecule has 31 heavy (non-hydrogen) atoms. The van der Waals surface area contributed by atoms with E-state index in [0.717, 1.165) is 18.6 Å². The third-order valence-corrected chi connectivity index (χ3v) is 4.30. The summed E-state index contributed by atoms with van der Waals surface area (Å²) in [6.45, 7) is 1.66. The first-order valence-electron chi connectivity index (χ1n) is 9.88. The van der Waals surface area contributed by atoms with Crippen LogP contribution in [0.5, 0.6) is 11.5 Å². The summed E-state index contributed by atoms with van der Waals surface area (Å²) >= 11 is 0. The zero-order chi connectivity index (χ0) is 22.6. The van der Waals surface area contributed by atoms with E-state index in [1.165, 1.54) is 11.6 Å². The molecular formula is C22H26F2N2O5. The number of benzene rings is 2. The number of hydrogen-bond acceptors (Lipinski definition) is 5. The predicted octanol–water partition coefficient (Wildman–Crippen LogP) is 1.97. The molecule has 0 aliphatic heterocycles. The lowest BCUT2D eigenvalue weighted by Gasteiger charge is -2.13. The first-order chi connectivity index (χ1) is 14.9. The van der Waals surface area contributed by atoms with Gasteiger partial charge in [-0.1, -0.05) is 19.1 Å². The maximum atomic E-state index is 13.1. The normalized spacial score (nSPS) is 11.5. The van der Waals surface area contributed by atoms with Gasteiger partial charge in [0.05, 0.1) is 6.10 Å². The average molecular weight is 436 g/mol. The number of nitrogens with one attached hydrogen (secondary N) is 2. The fraction of sp³-hybridized carbons (Fsp3) is 0.364. The highest BCUT2D eigenvalue weighted by Crippen LogP contribution is 2.15. The summed E-state index contributed by atoms with van der Waals surface area (Å²) in [6, 6.07) is 10.4. The highest BCUT2D eigenvalue weighted by molar-refractivity contribution is 5.78. The zero-order valence-electron chi connectivity index (χ0n) is 17.2. The van der Waals surface area contributed by atoms with Gasteiger partial charge >= 0.3 is 0 Å². The molecule has 0 spiro atoms. The summed E-state index contributed by atoms with van der Waals surface area (Å²) in [5.41, 5.74) is 1.17. The Morgan fingerprint density at radius 1 is 0.935 bits per heavy atom. The van der Waals surface area contributed by atoms with Gasteiger partial charge in [-0.05, 0) is 42.7 Å². The molecule has 0 unspecified atom stereocenters. The minimum Gasteiger partial charge on any atom is -0.484 e. The zero-order valence-corrected chi connectivity index (χ0v) is 17.2. The Hall–Kier alpha value is -3.20. The summed E-state index contributed by atoms with van der Waals surface area (Å²) in [5.74, 6) is -2.33. The number of aryl methyl sites for hydroxylation is 1. The second kappa shape index (κ2) is 12.5. The van der Waals surface area contributed by atoms with Gasteiger partial charge < -0.3 is 25.2 Å². The van der Waals surface area contributed by atoms with E-state index in [1.54, 1.807) is 12.1 Å². The van der Waals surface area contributed by atoms with E-state index in [2.05, 4.69) is 10.6 Å². The van der Waals surface area contributed by atoms with Crippen molar-refractivity contribution in [3.63, 3.8) is 0 Å². The Morgan fingerprint density at radius 3 is 2.19 bits per heavy atom. The van der Waals surface area contributed by atoms with Crippen molar-refractivity contribution in [3.8, 4) is 11.5 Å². The van der Waals surface area contributed by atoms with Gasteiger partial charge in [0, 0.05) is 19.2 Å². The first-order valence-corrected chi connectivity index (χ1v) is 9.88. The van der Waals surface area contributed by atoms with E-state index in [4.69, 9.17) is 9.47 Å². The number of carbonyl (C=O) groups is 2. The summed E-state index contributed by atoms with van der Waals surface area (Å²) in [4.78, 5) is 23.5. The maximum absolute atomic E-state index is 13.1. The van der Waals surface area contributed by atoms with Crippen LogP contribution in [0.15, 0.2) is 42.5 Å². The van der Waals surface area contributed by atoms with Crippen molar-refractivity contribution in [2.24, 2.45) is 0 Å². The van der Waals surface area contributed by atoms with Crippen LogP contribution in [-0.2, 0) is 16.0 Å². The highest BCUT2D eigenvalue weighted by Gasteiger charge is 2.10. The molecule has 7 nitrogen and oxygen atoms in total. The number of ether oxygens (including phenoxy) is 2. The van der Waals surface area contributed by atoms with Gasteiger partial charge in [-0.3, -0.25) is 9.59 Å². The first kappa shape index (κ1) is 24.1. The standard InChI is InChI=1S/C22H26F2N2O5/c1-2-15-3-5-17(6-4-15)30-13-21(28)25-10-9-16(27)12-26-22(29)14-31-18-7-8-19(23)20(24)11-18/h3-8,11,16,27H,2,9-10,12-14H2,1H3,(H,25,28)(H,26,29)/t16-/m0/s1. The molecule has 0 bridgehead atoms. The number of carbonyl (C=O) groups excluding carboxylic acids is 2. The largest absolute Gasteiger partial charge is 0.484 e. The molecule has 0 aliphatic rings. The lowest BCUT2D eigenvalue weighted by Crippen LogP contribution is -2.37. The van der Waals surface area contributed by atoms with E-state index in [0.29, 0.717) is 5.75 Å². The van der Waals surface area contributed by atoms with Crippen LogP contribution in [0.1, 0.15) is 18.9 Å². The molecule has 1 atom stereocenters. The minimum absolute atomic E-state index is 0.0147. The molecule has 0 saturated carbocycles. The quantitative estimate of drug-likeness (QED) is 0.473. The van der Waals surface area contributed by atoms with Gasteiger partial charge in [0.25, 0.3) is 11.8 Å². The third kappa shape index (κ3) is 9.00. The van der Waals surface area contributed by atoms with Gasteiger partial charge in [-0.2, -0.15) is 0 Å². The molecule has 2 rings (SSSR count). The average Bonchev–Trinajstić information content (AvgIpc) is 2.77. The fourth-order valence-electron chi connectivity index (χ4n) is 2.50. The van der Waals surface area contributed by atoms with Crippen LogP contribution in [-0.4, -0.2) is 49.3 Å². The van der Waals surface area contributed by atoms with Crippen molar-refractivity contribution in [1.29, 1.82) is 0 Å². The fourth-order valence-corrected chi connectivity index (χ4v) is 2.50. The molecule has 0 aliphatic carbocycles. The van der Waals surface area contributed by atoms with Crippen molar-refractivity contribution in [3.05, 3.63) is 59.7 Å². The summed E-state index contributed by atoms with van der Waals surface area (Å²) in [7, 11) is 0. The molecule has 9 heteroatoms. The van der Waals surface area contributed by atoms with Crippen molar-refractivity contribution < 1.29 is 33.0 Å².